The Morgan fingerprint density at radius 1 is 1.10 bits per heavy atom. The van der Waals surface area contributed by atoms with Crippen molar-refractivity contribution in [3.05, 3.63) is 81.9 Å². The molecule has 5 atom stereocenters. The third-order valence-corrected chi connectivity index (χ3v) is 13.1. The van der Waals surface area contributed by atoms with Crippen LogP contribution >= 0.6 is 22.1 Å². The van der Waals surface area contributed by atoms with Crippen LogP contribution in [0.1, 0.15) is 62.3 Å². The first-order chi connectivity index (χ1) is 24.2. The van der Waals surface area contributed by atoms with Crippen LogP contribution in [-0.2, 0) is 49.9 Å². The van der Waals surface area contributed by atoms with Crippen LogP contribution in [0.2, 0.25) is 0 Å². The predicted octanol–water partition coefficient (Wildman–Crippen LogP) is 2.97. The van der Waals surface area contributed by atoms with Gasteiger partial charge in [-0.15, -0.1) is 11.3 Å². The van der Waals surface area contributed by atoms with Crippen LogP contribution < -0.4 is 16.0 Å². The van der Waals surface area contributed by atoms with E-state index in [1.165, 1.54) is 36.5 Å². The average molecular weight is 759 g/mol. The van der Waals surface area contributed by atoms with Crippen molar-refractivity contribution in [3.8, 4) is 0 Å². The Kier molecular flexibility index (Phi) is 13.6. The molecule has 1 fully saturated rings. The summed E-state index contributed by atoms with van der Waals surface area (Å²) in [6.45, 7) is 3.50. The monoisotopic (exact) mass is 758 g/mol. The van der Waals surface area contributed by atoms with E-state index in [2.05, 4.69) is 20.9 Å². The maximum absolute atomic E-state index is 13.4. The van der Waals surface area contributed by atoms with Crippen molar-refractivity contribution in [1.82, 2.24) is 20.9 Å². The van der Waals surface area contributed by atoms with Crippen LogP contribution in [0.3, 0.4) is 0 Å². The van der Waals surface area contributed by atoms with E-state index in [-0.39, 0.29) is 19.4 Å². The van der Waals surface area contributed by atoms with E-state index in [4.69, 9.17) is 9.47 Å². The zero-order chi connectivity index (χ0) is 37.2. The Bertz CT molecular complexity index is 1770. The number of aliphatic hydroxyl groups is 1. The Morgan fingerprint density at radius 3 is 2.53 bits per heavy atom. The van der Waals surface area contributed by atoms with E-state index in [0.29, 0.717) is 27.1 Å². The molecular weight excluding hydrogens is 721 g/mol. The first-order valence-electron chi connectivity index (χ1n) is 15.8. The van der Waals surface area contributed by atoms with Gasteiger partial charge in [-0.1, -0.05) is 48.1 Å². The maximum Gasteiger partial charge on any atom is 0.407 e. The molecule has 17 heteroatoms. The highest BCUT2D eigenvalue weighted by Gasteiger charge is 2.63. The van der Waals surface area contributed by atoms with E-state index in [0.717, 1.165) is 5.56 Å². The summed E-state index contributed by atoms with van der Waals surface area (Å²) in [4.78, 5) is 80.7. The maximum atomic E-state index is 13.4. The van der Waals surface area contributed by atoms with Gasteiger partial charge in [-0.25, -0.2) is 14.0 Å². The lowest BCUT2D eigenvalue weighted by Crippen LogP contribution is -2.55. The molecule has 14 nitrogen and oxygen atoms in total. The number of aromatic nitrogens is 1. The van der Waals surface area contributed by atoms with Crippen LogP contribution in [0.25, 0.3) is 6.08 Å². The number of thiazole rings is 1. The number of amides is 3. The quantitative estimate of drug-likeness (QED) is 0.183. The molecule has 2 aliphatic heterocycles. The fraction of sp³-hybridized carbons (Fsp3) is 0.382. The van der Waals surface area contributed by atoms with Crippen molar-refractivity contribution in [2.75, 3.05) is 13.1 Å². The van der Waals surface area contributed by atoms with Crippen LogP contribution in [-0.4, -0.2) is 78.6 Å². The Morgan fingerprint density at radius 2 is 1.82 bits per heavy atom. The van der Waals surface area contributed by atoms with Crippen molar-refractivity contribution in [1.29, 1.82) is 0 Å². The summed E-state index contributed by atoms with van der Waals surface area (Å²) in [6, 6.07) is 8.42. The number of benzene rings is 1. The van der Waals surface area contributed by atoms with Gasteiger partial charge in [0, 0.05) is 22.6 Å². The van der Waals surface area contributed by atoms with Crippen molar-refractivity contribution in [3.63, 3.8) is 0 Å². The highest BCUT2D eigenvalue weighted by Crippen LogP contribution is 2.50. The van der Waals surface area contributed by atoms with Gasteiger partial charge in [0.25, 0.3) is 0 Å². The third-order valence-electron chi connectivity index (χ3n) is 8.06. The molecular formula is C34H38N4O10S3. The number of alkyl carbamates (subject to hydrolysis) is 1. The van der Waals surface area contributed by atoms with Gasteiger partial charge in [-0.2, -0.15) is 0 Å². The SMILES string of the molecule is C/C1=C\[C@@H](OC(=O)CNC(=O)CNC(=O)OCc2ccccc2)C(=O)/C=C/C=C\c2csc(n2)[C@H](C)NC(=O)C[C@@]2(CC1)S(=O)SC(=O)[C@]2(C)O. The number of ether oxygens (including phenoxy) is 2. The summed E-state index contributed by atoms with van der Waals surface area (Å²) in [5.74, 6) is -2.82. The molecule has 0 aliphatic carbocycles. The van der Waals surface area contributed by atoms with Gasteiger partial charge >= 0.3 is 12.1 Å². The molecule has 1 aromatic carbocycles. The molecule has 0 saturated carbocycles. The lowest BCUT2D eigenvalue weighted by Gasteiger charge is -2.36. The highest BCUT2D eigenvalue weighted by atomic mass is 33.1. The molecule has 1 aromatic heterocycles. The second-order valence-corrected chi connectivity index (χ2v) is 16.1. The first kappa shape index (κ1) is 39.3. The standard InChI is InChI=1S/C34H38N4O10S3/c1-21-13-14-34(33(3,45)31(43)50-51(34)46)16-27(40)37-22(2)30-38-24(20-49-30)11-7-8-12-25(39)26(15-21)48-29(42)18-35-28(41)17-36-32(44)47-19-23-9-5-4-6-10-23/h4-12,15,20,22,26,45H,13-14,16-19H2,1-3H3,(H,35,41)(H,36,44)(H,37,40)/b11-7-,12-8+,21-15+/t22-,26+,33-,34+,51?/m0/s1. The smallest absolute Gasteiger partial charge is 0.407 e. The van der Waals surface area contributed by atoms with Crippen LogP contribution in [0.15, 0.2) is 65.6 Å². The molecule has 1 unspecified atom stereocenters. The summed E-state index contributed by atoms with van der Waals surface area (Å²) in [6.07, 6.45) is 4.51. The minimum absolute atomic E-state index is 0.00284. The molecule has 4 N–H and O–H groups in total. The van der Waals surface area contributed by atoms with Crippen molar-refractivity contribution >= 4 is 72.8 Å². The number of ketones is 1. The number of carbonyl (C=O) groups excluding carboxylic acids is 6. The summed E-state index contributed by atoms with van der Waals surface area (Å²) >= 11 is 1.29. The number of nitrogens with zero attached hydrogens (tertiary/aromatic N) is 1. The molecule has 272 valence electrons. The predicted molar refractivity (Wildman–Crippen MR) is 191 cm³/mol. The molecule has 0 radical (unpaired) electrons. The molecule has 51 heavy (non-hydrogen) atoms. The van der Waals surface area contributed by atoms with Crippen LogP contribution in [0, 0.1) is 0 Å². The van der Waals surface area contributed by atoms with E-state index in [1.807, 2.05) is 6.07 Å². The van der Waals surface area contributed by atoms with E-state index >= 15 is 0 Å². The summed E-state index contributed by atoms with van der Waals surface area (Å²) in [5.41, 5.74) is -0.318. The molecule has 3 heterocycles. The largest absolute Gasteiger partial charge is 0.448 e. The normalized spacial score (nSPS) is 28.0. The Labute approximate surface area is 304 Å². The van der Waals surface area contributed by atoms with Crippen LogP contribution in [0.5, 0.6) is 0 Å². The van der Waals surface area contributed by atoms with Crippen LogP contribution in [0.4, 0.5) is 4.79 Å². The fourth-order valence-corrected chi connectivity index (χ4v) is 9.81. The Hall–Kier alpha value is -4.45. The van der Waals surface area contributed by atoms with E-state index in [9.17, 15) is 38.1 Å². The van der Waals surface area contributed by atoms with E-state index in [1.54, 1.807) is 55.6 Å². The number of nitrogens with one attached hydrogen (secondary N) is 3. The van der Waals surface area contributed by atoms with Crippen molar-refractivity contribution in [2.45, 2.75) is 69.1 Å². The number of carbonyl (C=O) groups is 6. The third kappa shape index (κ3) is 10.5. The molecule has 4 rings (SSSR count). The van der Waals surface area contributed by atoms with Gasteiger partial charge in [0.1, 0.15) is 35.1 Å². The lowest BCUT2D eigenvalue weighted by molar-refractivity contribution is -0.150. The van der Waals surface area contributed by atoms with Gasteiger partial charge in [0.2, 0.25) is 16.9 Å². The number of rotatable bonds is 7. The molecule has 2 bridgehead atoms. The lowest BCUT2D eigenvalue weighted by atomic mass is 9.81. The van der Waals surface area contributed by atoms with Gasteiger partial charge < -0.3 is 30.5 Å². The number of esters is 1. The first-order valence-corrected chi connectivity index (χ1v) is 19.1. The average Bonchev–Trinajstić information content (AvgIpc) is 3.63. The number of allylic oxidation sites excluding steroid dienone is 3. The van der Waals surface area contributed by atoms with Gasteiger partial charge in [0.05, 0.1) is 21.6 Å². The Balaban J connectivity index is 1.46. The number of hydrogen-bond acceptors (Lipinski definition) is 13. The summed E-state index contributed by atoms with van der Waals surface area (Å²) in [7, 11) is -1.52. The van der Waals surface area contributed by atoms with Crippen molar-refractivity contribution < 1.29 is 47.6 Å². The molecule has 1 spiro atoms. The van der Waals surface area contributed by atoms with Gasteiger partial charge in [-0.05, 0) is 57.4 Å². The number of hydrogen-bond donors (Lipinski definition) is 4. The second kappa shape index (κ2) is 17.7. The minimum Gasteiger partial charge on any atom is -0.448 e. The van der Waals surface area contributed by atoms with Crippen molar-refractivity contribution in [2.24, 2.45) is 0 Å². The van der Waals surface area contributed by atoms with Gasteiger partial charge in [-0.3, -0.25) is 24.0 Å². The zero-order valence-corrected chi connectivity index (χ0v) is 30.5. The highest BCUT2D eigenvalue weighted by molar-refractivity contribution is 8.76. The molecule has 2 aliphatic rings. The zero-order valence-electron chi connectivity index (χ0n) is 28.0. The summed E-state index contributed by atoms with van der Waals surface area (Å²) < 4.78 is 22.2. The number of fused-ring (bicyclic) bond motifs is 2. The fourth-order valence-electron chi connectivity index (χ4n) is 5.07. The minimum atomic E-state index is -2.11. The summed E-state index contributed by atoms with van der Waals surface area (Å²) in [5, 5.41) is 20.3. The molecule has 3 amide bonds. The molecule has 1 saturated heterocycles. The molecule has 2 aromatic rings. The second-order valence-electron chi connectivity index (χ2n) is 12.0. The van der Waals surface area contributed by atoms with Gasteiger partial charge in [0.15, 0.2) is 11.9 Å². The van der Waals surface area contributed by atoms with E-state index < -0.39 is 86.6 Å². The topological polar surface area (TPSA) is 207 Å².